The Morgan fingerprint density at radius 3 is 2.64 bits per heavy atom. The molecule has 1 heterocycles. The summed E-state index contributed by atoms with van der Waals surface area (Å²) in [6.07, 6.45) is 1.55. The smallest absolute Gasteiger partial charge is 0.289 e. The second-order valence-corrected chi connectivity index (χ2v) is 9.04. The zero-order valence-electron chi connectivity index (χ0n) is 18.2. The van der Waals surface area contributed by atoms with E-state index in [2.05, 4.69) is 5.32 Å². The second kappa shape index (κ2) is 10.5. The van der Waals surface area contributed by atoms with Crippen molar-refractivity contribution in [3.8, 4) is 11.5 Å². The molecule has 0 aromatic heterocycles. The molecule has 1 aliphatic heterocycles. The number of methoxy groups -OCH3 is 2. The molecule has 11 nitrogen and oxygen atoms in total. The monoisotopic (exact) mass is 479 g/mol. The lowest BCUT2D eigenvalue weighted by molar-refractivity contribution is -0.387. The van der Waals surface area contributed by atoms with Gasteiger partial charge in [0, 0.05) is 25.3 Å². The van der Waals surface area contributed by atoms with Crippen molar-refractivity contribution in [3.05, 3.63) is 52.6 Å². The van der Waals surface area contributed by atoms with Gasteiger partial charge in [-0.1, -0.05) is 12.1 Å². The molecule has 0 unspecified atom stereocenters. The predicted octanol–water partition coefficient (Wildman–Crippen LogP) is 2.10. The van der Waals surface area contributed by atoms with Crippen molar-refractivity contribution in [3.63, 3.8) is 0 Å². The van der Waals surface area contributed by atoms with Crippen molar-refractivity contribution < 1.29 is 32.3 Å². The molecule has 178 valence electrons. The number of benzene rings is 2. The van der Waals surface area contributed by atoms with Crippen molar-refractivity contribution >= 4 is 27.3 Å². The molecule has 1 saturated heterocycles. The Balaban J connectivity index is 2.02. The molecule has 0 radical (unpaired) electrons. The zero-order valence-corrected chi connectivity index (χ0v) is 19.0. The molecule has 33 heavy (non-hydrogen) atoms. The predicted molar refractivity (Wildman–Crippen MR) is 119 cm³/mol. The molecule has 1 aliphatic rings. The van der Waals surface area contributed by atoms with Gasteiger partial charge in [0.15, 0.2) is 4.90 Å². The van der Waals surface area contributed by atoms with Crippen molar-refractivity contribution in [2.45, 2.75) is 23.8 Å². The second-order valence-electron chi connectivity index (χ2n) is 7.21. The molecule has 0 bridgehead atoms. The van der Waals surface area contributed by atoms with Gasteiger partial charge in [0.25, 0.3) is 15.7 Å². The Hall–Kier alpha value is -3.38. The fourth-order valence-corrected chi connectivity index (χ4v) is 5.05. The van der Waals surface area contributed by atoms with Gasteiger partial charge in [-0.05, 0) is 31.0 Å². The molecule has 2 aromatic carbocycles. The van der Waals surface area contributed by atoms with Gasteiger partial charge in [-0.2, -0.15) is 0 Å². The van der Waals surface area contributed by atoms with Crippen molar-refractivity contribution in [2.24, 2.45) is 0 Å². The van der Waals surface area contributed by atoms with E-state index in [1.165, 1.54) is 44.6 Å². The lowest BCUT2D eigenvalue weighted by Gasteiger charge is -2.26. The number of nitrogens with one attached hydrogen (secondary N) is 1. The fraction of sp³-hybridized carbons (Fsp3) is 0.381. The van der Waals surface area contributed by atoms with E-state index in [1.807, 2.05) is 0 Å². The maximum Gasteiger partial charge on any atom is 0.289 e. The molecule has 1 atom stereocenters. The Morgan fingerprint density at radius 2 is 2.00 bits per heavy atom. The van der Waals surface area contributed by atoms with E-state index in [4.69, 9.17) is 14.2 Å². The highest BCUT2D eigenvalue weighted by atomic mass is 32.2. The summed E-state index contributed by atoms with van der Waals surface area (Å²) in [5, 5.41) is 14.2. The van der Waals surface area contributed by atoms with Gasteiger partial charge in [0.05, 0.1) is 30.9 Å². The maximum atomic E-state index is 13.6. The van der Waals surface area contributed by atoms with Crippen molar-refractivity contribution in [1.29, 1.82) is 0 Å². The van der Waals surface area contributed by atoms with Crippen LogP contribution in [-0.4, -0.2) is 59.3 Å². The molecule has 0 saturated carbocycles. The van der Waals surface area contributed by atoms with Gasteiger partial charge in [0.1, 0.15) is 18.0 Å². The lowest BCUT2D eigenvalue weighted by atomic mass is 10.2. The average Bonchev–Trinajstić information content (AvgIpc) is 3.34. The Kier molecular flexibility index (Phi) is 7.71. The van der Waals surface area contributed by atoms with Crippen LogP contribution in [0.15, 0.2) is 47.4 Å². The lowest BCUT2D eigenvalue weighted by Crippen LogP contribution is -2.43. The molecular weight excluding hydrogens is 454 g/mol. The van der Waals surface area contributed by atoms with E-state index >= 15 is 0 Å². The first-order valence-electron chi connectivity index (χ1n) is 10.1. The first kappa shape index (κ1) is 24.3. The van der Waals surface area contributed by atoms with Crippen LogP contribution in [0.25, 0.3) is 0 Å². The summed E-state index contributed by atoms with van der Waals surface area (Å²) in [4.78, 5) is 22.9. The van der Waals surface area contributed by atoms with E-state index in [0.29, 0.717) is 12.4 Å². The molecule has 12 heteroatoms. The Morgan fingerprint density at radius 1 is 1.24 bits per heavy atom. The molecule has 1 fully saturated rings. The molecule has 2 aromatic rings. The highest BCUT2D eigenvalue weighted by Crippen LogP contribution is 2.37. The number of rotatable bonds is 10. The minimum Gasteiger partial charge on any atom is -0.497 e. The van der Waals surface area contributed by atoms with Crippen LogP contribution < -0.4 is 19.1 Å². The largest absolute Gasteiger partial charge is 0.497 e. The number of amides is 1. The number of carbonyl (C=O) groups excluding carboxylic acids is 1. The topological polar surface area (TPSA) is 137 Å². The van der Waals surface area contributed by atoms with Crippen molar-refractivity contribution in [1.82, 2.24) is 5.32 Å². The summed E-state index contributed by atoms with van der Waals surface area (Å²) in [6.45, 7) is 0.226. The number of anilines is 1. The SMILES string of the molecule is COc1ccc(N(CC(=O)NC[C@H]2CCCO2)S(=O)(=O)c2ccccc2[N+](=O)[O-])c(OC)c1. The molecule has 1 N–H and O–H groups in total. The summed E-state index contributed by atoms with van der Waals surface area (Å²) in [6, 6.07) is 9.34. The third kappa shape index (κ3) is 5.52. The van der Waals surface area contributed by atoms with Crippen LogP contribution in [0.4, 0.5) is 11.4 Å². The molecule has 1 amide bonds. The minimum absolute atomic E-state index is 0.0312. The summed E-state index contributed by atoms with van der Waals surface area (Å²) >= 11 is 0. The quantitative estimate of drug-likeness (QED) is 0.404. The van der Waals surface area contributed by atoms with E-state index in [-0.39, 0.29) is 24.1 Å². The van der Waals surface area contributed by atoms with Gasteiger partial charge < -0.3 is 19.5 Å². The van der Waals surface area contributed by atoms with Crippen LogP contribution in [0.1, 0.15) is 12.8 Å². The van der Waals surface area contributed by atoms with Gasteiger partial charge in [-0.15, -0.1) is 0 Å². The van der Waals surface area contributed by atoms with Gasteiger partial charge in [0.2, 0.25) is 5.91 Å². The van der Waals surface area contributed by atoms with Crippen LogP contribution in [-0.2, 0) is 19.6 Å². The average molecular weight is 480 g/mol. The Labute approximate surface area is 191 Å². The molecular formula is C21H25N3O8S. The van der Waals surface area contributed by atoms with Gasteiger partial charge in [-0.25, -0.2) is 8.42 Å². The summed E-state index contributed by atoms with van der Waals surface area (Å²) in [7, 11) is -1.76. The number of nitro benzene ring substituents is 1. The third-order valence-corrected chi connectivity index (χ3v) is 6.93. The first-order chi connectivity index (χ1) is 15.8. The highest BCUT2D eigenvalue weighted by molar-refractivity contribution is 7.93. The maximum absolute atomic E-state index is 13.6. The van der Waals surface area contributed by atoms with E-state index < -0.39 is 38.0 Å². The summed E-state index contributed by atoms with van der Waals surface area (Å²) in [5.74, 6) is -0.0737. The van der Waals surface area contributed by atoms with Crippen LogP contribution in [0, 0.1) is 10.1 Å². The fourth-order valence-electron chi connectivity index (χ4n) is 3.45. The third-order valence-electron chi connectivity index (χ3n) is 5.12. The Bertz CT molecular complexity index is 1120. The number of ether oxygens (including phenoxy) is 3. The van der Waals surface area contributed by atoms with Gasteiger partial charge in [-0.3, -0.25) is 19.2 Å². The van der Waals surface area contributed by atoms with E-state index in [1.54, 1.807) is 0 Å². The number of sulfonamides is 1. The van der Waals surface area contributed by atoms with Crippen LogP contribution in [0.5, 0.6) is 11.5 Å². The summed E-state index contributed by atoms with van der Waals surface area (Å²) < 4.78 is 44.0. The number of nitro groups is 1. The number of hydrogen-bond acceptors (Lipinski definition) is 8. The molecule has 0 aliphatic carbocycles. The number of carbonyl (C=O) groups is 1. The molecule has 0 spiro atoms. The standard InChI is InChI=1S/C21H25N3O8S/c1-30-15-9-10-17(19(12-15)31-2)23(14-21(25)22-13-16-6-5-11-32-16)33(28,29)20-8-4-3-7-18(20)24(26)27/h3-4,7-10,12,16H,5-6,11,13-14H2,1-2H3,(H,22,25)/t16-/m1/s1. The van der Waals surface area contributed by atoms with Crippen molar-refractivity contribution in [2.75, 3.05) is 38.2 Å². The normalized spacial score (nSPS) is 15.6. The van der Waals surface area contributed by atoms with Crippen LogP contribution >= 0.6 is 0 Å². The van der Waals surface area contributed by atoms with E-state index in [0.717, 1.165) is 29.3 Å². The highest BCUT2D eigenvalue weighted by Gasteiger charge is 2.34. The number of para-hydroxylation sites is 1. The van der Waals surface area contributed by atoms with Crippen LogP contribution in [0.3, 0.4) is 0 Å². The summed E-state index contributed by atoms with van der Waals surface area (Å²) in [5.41, 5.74) is -0.571. The van der Waals surface area contributed by atoms with Gasteiger partial charge >= 0.3 is 0 Å². The zero-order chi connectivity index (χ0) is 24.0. The van der Waals surface area contributed by atoms with E-state index in [9.17, 15) is 23.3 Å². The number of hydrogen-bond donors (Lipinski definition) is 1. The molecule has 3 rings (SSSR count). The minimum atomic E-state index is -4.54. The first-order valence-corrected chi connectivity index (χ1v) is 11.6. The number of nitrogens with zero attached hydrogens (tertiary/aromatic N) is 2. The van der Waals surface area contributed by atoms with Crippen LogP contribution in [0.2, 0.25) is 0 Å².